The van der Waals surface area contributed by atoms with Crippen molar-refractivity contribution in [3.05, 3.63) is 0 Å². The van der Waals surface area contributed by atoms with Crippen LogP contribution in [0.15, 0.2) is 5.16 Å². The van der Waals surface area contributed by atoms with Crippen LogP contribution in [0.4, 0.5) is 0 Å². The molecule has 1 heterocycles. The van der Waals surface area contributed by atoms with Gasteiger partial charge in [0.05, 0.1) is 5.71 Å². The minimum atomic E-state index is 0.191. The van der Waals surface area contributed by atoms with E-state index in [0.717, 1.165) is 44.6 Å². The summed E-state index contributed by atoms with van der Waals surface area (Å²) in [6.07, 6.45) is 3.36. The van der Waals surface area contributed by atoms with Gasteiger partial charge in [0.25, 0.3) is 0 Å². The van der Waals surface area contributed by atoms with E-state index in [0.29, 0.717) is 12.3 Å². The molecular formula is C13H25N3O2. The van der Waals surface area contributed by atoms with Crippen molar-refractivity contribution in [2.75, 3.05) is 33.7 Å². The van der Waals surface area contributed by atoms with Gasteiger partial charge in [0.2, 0.25) is 5.91 Å². The summed E-state index contributed by atoms with van der Waals surface area (Å²) < 4.78 is 0. The Balaban J connectivity index is 2.30. The normalized spacial score (nSPS) is 23.3. The Morgan fingerprint density at radius 2 is 2.28 bits per heavy atom. The van der Waals surface area contributed by atoms with Crippen molar-refractivity contribution in [2.24, 2.45) is 11.1 Å². The third kappa shape index (κ3) is 4.29. The van der Waals surface area contributed by atoms with E-state index in [2.05, 4.69) is 17.0 Å². The minimum absolute atomic E-state index is 0.191. The first-order valence-electron chi connectivity index (χ1n) is 6.71. The van der Waals surface area contributed by atoms with E-state index in [4.69, 9.17) is 5.21 Å². The number of carbonyl (C=O) groups excluding carboxylic acids is 1. The first-order valence-corrected chi connectivity index (χ1v) is 6.71. The van der Waals surface area contributed by atoms with Crippen LogP contribution in [-0.4, -0.2) is 60.4 Å². The topological polar surface area (TPSA) is 56.1 Å². The van der Waals surface area contributed by atoms with Crippen LogP contribution in [0.3, 0.4) is 0 Å². The molecule has 0 radical (unpaired) electrons. The molecule has 1 unspecified atom stereocenters. The van der Waals surface area contributed by atoms with Gasteiger partial charge in [-0.3, -0.25) is 4.79 Å². The Labute approximate surface area is 109 Å². The van der Waals surface area contributed by atoms with Crippen LogP contribution in [0, 0.1) is 5.92 Å². The first-order chi connectivity index (χ1) is 8.58. The molecule has 0 spiro atoms. The molecule has 0 aliphatic carbocycles. The van der Waals surface area contributed by atoms with E-state index < -0.39 is 0 Å². The van der Waals surface area contributed by atoms with Crippen molar-refractivity contribution in [2.45, 2.75) is 32.6 Å². The number of nitrogens with zero attached hydrogens (tertiary/aromatic N) is 3. The maximum Gasteiger partial charge on any atom is 0.222 e. The van der Waals surface area contributed by atoms with Crippen LogP contribution >= 0.6 is 0 Å². The third-order valence-electron chi connectivity index (χ3n) is 3.62. The molecule has 1 aliphatic heterocycles. The van der Waals surface area contributed by atoms with Gasteiger partial charge in [0.1, 0.15) is 0 Å². The van der Waals surface area contributed by atoms with Gasteiger partial charge in [0.15, 0.2) is 0 Å². The second-order valence-electron chi connectivity index (χ2n) is 5.14. The Morgan fingerprint density at radius 1 is 1.56 bits per heavy atom. The smallest absolute Gasteiger partial charge is 0.222 e. The van der Waals surface area contributed by atoms with Crippen LogP contribution in [0.1, 0.15) is 32.6 Å². The predicted molar refractivity (Wildman–Crippen MR) is 72.0 cm³/mol. The fraction of sp³-hybridized carbons (Fsp3) is 0.846. The second kappa shape index (κ2) is 7.36. The largest absolute Gasteiger partial charge is 0.411 e. The molecule has 0 bridgehead atoms. The van der Waals surface area contributed by atoms with Gasteiger partial charge < -0.3 is 15.0 Å². The van der Waals surface area contributed by atoms with Crippen molar-refractivity contribution in [3.8, 4) is 0 Å². The summed E-state index contributed by atoms with van der Waals surface area (Å²) in [6.45, 7) is 4.96. The summed E-state index contributed by atoms with van der Waals surface area (Å²) in [7, 11) is 3.58. The quantitative estimate of drug-likeness (QED) is 0.597. The van der Waals surface area contributed by atoms with Crippen molar-refractivity contribution in [1.82, 2.24) is 9.80 Å². The summed E-state index contributed by atoms with van der Waals surface area (Å²) in [4.78, 5) is 15.5. The van der Waals surface area contributed by atoms with Crippen LogP contribution in [-0.2, 0) is 4.79 Å². The number of carbonyl (C=O) groups is 1. The van der Waals surface area contributed by atoms with Gasteiger partial charge >= 0.3 is 0 Å². The lowest BCUT2D eigenvalue weighted by Gasteiger charge is -2.32. The molecule has 104 valence electrons. The van der Waals surface area contributed by atoms with Gasteiger partial charge in [-0.15, -0.1) is 0 Å². The standard InChI is InChI=1S/C13H25N3O2/c1-4-11-10-16(9-7-12(11)14-18)8-5-6-13(17)15(2)3/h11,18H,4-10H2,1-3H3. The number of piperidine rings is 1. The zero-order chi connectivity index (χ0) is 13.5. The van der Waals surface area contributed by atoms with Gasteiger partial charge in [-0.25, -0.2) is 0 Å². The zero-order valence-electron chi connectivity index (χ0n) is 11.7. The maximum atomic E-state index is 11.5. The molecule has 1 rings (SSSR count). The lowest BCUT2D eigenvalue weighted by Crippen LogP contribution is -2.41. The van der Waals surface area contributed by atoms with E-state index in [9.17, 15) is 4.79 Å². The molecule has 1 N–H and O–H groups in total. The Morgan fingerprint density at radius 3 is 2.83 bits per heavy atom. The van der Waals surface area contributed by atoms with Crippen molar-refractivity contribution < 1.29 is 10.0 Å². The summed E-state index contributed by atoms with van der Waals surface area (Å²) >= 11 is 0. The maximum absolute atomic E-state index is 11.5. The number of oxime groups is 1. The molecule has 1 saturated heterocycles. The van der Waals surface area contributed by atoms with E-state index in [-0.39, 0.29) is 5.91 Å². The van der Waals surface area contributed by atoms with Gasteiger partial charge in [-0.05, 0) is 19.4 Å². The Kier molecular flexibility index (Phi) is 6.12. The SMILES string of the molecule is CCC1CN(CCCC(=O)N(C)C)CCC1=NO. The van der Waals surface area contributed by atoms with E-state index in [1.165, 1.54) is 0 Å². The Bertz CT molecular complexity index is 303. The third-order valence-corrected chi connectivity index (χ3v) is 3.62. The molecule has 0 aromatic rings. The molecule has 0 aromatic heterocycles. The molecule has 0 saturated carbocycles. The Hall–Kier alpha value is -1.10. The minimum Gasteiger partial charge on any atom is -0.411 e. The number of amides is 1. The van der Waals surface area contributed by atoms with Crippen molar-refractivity contribution in [3.63, 3.8) is 0 Å². The van der Waals surface area contributed by atoms with Gasteiger partial charge in [-0.2, -0.15) is 0 Å². The highest BCUT2D eigenvalue weighted by Gasteiger charge is 2.24. The highest BCUT2D eigenvalue weighted by molar-refractivity contribution is 5.87. The average molecular weight is 255 g/mol. The summed E-state index contributed by atoms with van der Waals surface area (Å²) in [5.41, 5.74) is 0.929. The molecule has 5 nitrogen and oxygen atoms in total. The van der Waals surface area contributed by atoms with E-state index in [1.54, 1.807) is 19.0 Å². The van der Waals surface area contributed by atoms with Gasteiger partial charge in [-0.1, -0.05) is 12.1 Å². The zero-order valence-corrected chi connectivity index (χ0v) is 11.7. The van der Waals surface area contributed by atoms with E-state index >= 15 is 0 Å². The van der Waals surface area contributed by atoms with Crippen LogP contribution in [0.2, 0.25) is 0 Å². The lowest BCUT2D eigenvalue weighted by atomic mass is 9.93. The molecule has 0 aromatic carbocycles. The van der Waals surface area contributed by atoms with Crippen molar-refractivity contribution in [1.29, 1.82) is 0 Å². The number of hydrogen-bond donors (Lipinski definition) is 1. The monoisotopic (exact) mass is 255 g/mol. The molecule has 1 atom stereocenters. The number of rotatable bonds is 5. The second-order valence-corrected chi connectivity index (χ2v) is 5.14. The summed E-state index contributed by atoms with van der Waals surface area (Å²) in [5, 5.41) is 12.3. The highest BCUT2D eigenvalue weighted by Crippen LogP contribution is 2.17. The summed E-state index contributed by atoms with van der Waals surface area (Å²) in [5.74, 6) is 0.560. The highest BCUT2D eigenvalue weighted by atomic mass is 16.4. The molecule has 1 fully saturated rings. The van der Waals surface area contributed by atoms with E-state index in [1.807, 2.05) is 0 Å². The molecule has 1 aliphatic rings. The molecule has 18 heavy (non-hydrogen) atoms. The van der Waals surface area contributed by atoms with Crippen LogP contribution < -0.4 is 0 Å². The fourth-order valence-corrected chi connectivity index (χ4v) is 2.36. The number of likely N-dealkylation sites (tertiary alicyclic amines) is 1. The predicted octanol–water partition coefficient (Wildman–Crippen LogP) is 1.42. The van der Waals surface area contributed by atoms with Gasteiger partial charge in [0, 0.05) is 45.9 Å². The fourth-order valence-electron chi connectivity index (χ4n) is 2.36. The molecule has 5 heteroatoms. The van der Waals surface area contributed by atoms with Crippen molar-refractivity contribution >= 4 is 11.6 Å². The van der Waals surface area contributed by atoms with Crippen LogP contribution in [0.25, 0.3) is 0 Å². The number of hydrogen-bond acceptors (Lipinski definition) is 4. The molecular weight excluding hydrogens is 230 g/mol. The molecule has 1 amide bonds. The van der Waals surface area contributed by atoms with Crippen LogP contribution in [0.5, 0.6) is 0 Å². The first kappa shape index (κ1) is 15.0. The lowest BCUT2D eigenvalue weighted by molar-refractivity contribution is -0.128. The average Bonchev–Trinajstić information content (AvgIpc) is 2.38. The summed E-state index contributed by atoms with van der Waals surface area (Å²) in [6, 6.07) is 0.